The number of imidazole rings is 1. The van der Waals surface area contributed by atoms with Crippen LogP contribution in [0.15, 0.2) is 24.4 Å². The van der Waals surface area contributed by atoms with Gasteiger partial charge in [0, 0.05) is 12.7 Å². The number of aromatic amines is 1. The number of hydrogen-bond acceptors (Lipinski definition) is 3. The van der Waals surface area contributed by atoms with E-state index >= 15 is 0 Å². The van der Waals surface area contributed by atoms with Gasteiger partial charge in [-0.2, -0.15) is 5.10 Å². The highest BCUT2D eigenvalue weighted by molar-refractivity contribution is 7.71. The smallest absolute Gasteiger partial charge is 0.195 e. The quantitative estimate of drug-likeness (QED) is 0.720. The van der Waals surface area contributed by atoms with Gasteiger partial charge in [0.2, 0.25) is 0 Å². The summed E-state index contributed by atoms with van der Waals surface area (Å²) in [5, 5.41) is 7.17. The maximum Gasteiger partial charge on any atom is 0.195 e. The van der Waals surface area contributed by atoms with Crippen molar-refractivity contribution in [2.75, 3.05) is 0 Å². The molecule has 0 fully saturated rings. The highest BCUT2D eigenvalue weighted by atomic mass is 32.1. The second-order valence-corrected chi connectivity index (χ2v) is 4.46. The summed E-state index contributed by atoms with van der Waals surface area (Å²) in [6.07, 6.45) is 1.99. The Balaban J connectivity index is 2.37. The van der Waals surface area contributed by atoms with Crippen molar-refractivity contribution in [3.05, 3.63) is 34.9 Å². The largest absolute Gasteiger partial charge is 0.299 e. The standard InChI is InChI=1S/C12H13N5S/c1-3-16-11(14-15-12(16)18)10-8(2)13-9-6-4-5-7-17(9)10/h4-7H,3H2,1-2H3,(H,15,18). The third-order valence-corrected chi connectivity index (χ3v) is 3.30. The van der Waals surface area contributed by atoms with Gasteiger partial charge in [-0.25, -0.2) is 4.98 Å². The van der Waals surface area contributed by atoms with E-state index in [2.05, 4.69) is 15.2 Å². The molecule has 0 aliphatic heterocycles. The summed E-state index contributed by atoms with van der Waals surface area (Å²) in [6.45, 7) is 4.82. The highest BCUT2D eigenvalue weighted by Crippen LogP contribution is 2.23. The molecule has 1 N–H and O–H groups in total. The summed E-state index contributed by atoms with van der Waals surface area (Å²) in [5.41, 5.74) is 2.85. The van der Waals surface area contributed by atoms with Crippen LogP contribution in [0.4, 0.5) is 0 Å². The molecule has 0 spiro atoms. The molecular formula is C12H13N5S. The van der Waals surface area contributed by atoms with Gasteiger partial charge in [-0.3, -0.25) is 14.1 Å². The molecule has 0 aromatic carbocycles. The molecular weight excluding hydrogens is 246 g/mol. The summed E-state index contributed by atoms with van der Waals surface area (Å²) < 4.78 is 4.64. The van der Waals surface area contributed by atoms with Crippen molar-refractivity contribution >= 4 is 17.9 Å². The first-order valence-electron chi connectivity index (χ1n) is 5.81. The van der Waals surface area contributed by atoms with E-state index in [-0.39, 0.29) is 0 Å². The van der Waals surface area contributed by atoms with E-state index in [1.165, 1.54) is 0 Å². The lowest BCUT2D eigenvalue weighted by Crippen LogP contribution is -2.00. The first-order valence-corrected chi connectivity index (χ1v) is 6.22. The Kier molecular flexibility index (Phi) is 2.52. The van der Waals surface area contributed by atoms with Crippen molar-refractivity contribution in [3.63, 3.8) is 0 Å². The number of pyridine rings is 1. The van der Waals surface area contributed by atoms with Crippen molar-refractivity contribution in [1.82, 2.24) is 24.1 Å². The lowest BCUT2D eigenvalue weighted by molar-refractivity contribution is 0.752. The summed E-state index contributed by atoms with van der Waals surface area (Å²) in [6, 6.07) is 5.94. The van der Waals surface area contributed by atoms with Crippen LogP contribution in [-0.2, 0) is 6.54 Å². The average Bonchev–Trinajstić information content (AvgIpc) is 2.88. The van der Waals surface area contributed by atoms with Gasteiger partial charge in [-0.15, -0.1) is 0 Å². The Labute approximate surface area is 109 Å². The molecule has 3 heterocycles. The number of fused-ring (bicyclic) bond motifs is 1. The molecule has 0 saturated carbocycles. The molecule has 3 aromatic rings. The van der Waals surface area contributed by atoms with Crippen LogP contribution in [0.25, 0.3) is 17.2 Å². The number of nitrogens with zero attached hydrogens (tertiary/aromatic N) is 4. The van der Waals surface area contributed by atoms with Crippen molar-refractivity contribution in [2.45, 2.75) is 20.4 Å². The summed E-state index contributed by atoms with van der Waals surface area (Å²) in [5.74, 6) is 0.832. The van der Waals surface area contributed by atoms with Crippen molar-refractivity contribution in [3.8, 4) is 11.5 Å². The van der Waals surface area contributed by atoms with E-state index in [4.69, 9.17) is 12.2 Å². The molecule has 0 amide bonds. The molecule has 3 aromatic heterocycles. The van der Waals surface area contributed by atoms with E-state index < -0.39 is 0 Å². The second-order valence-electron chi connectivity index (χ2n) is 4.07. The van der Waals surface area contributed by atoms with E-state index in [9.17, 15) is 0 Å². The number of nitrogens with one attached hydrogen (secondary N) is 1. The molecule has 18 heavy (non-hydrogen) atoms. The minimum absolute atomic E-state index is 0.637. The highest BCUT2D eigenvalue weighted by Gasteiger charge is 2.16. The number of aryl methyl sites for hydroxylation is 1. The van der Waals surface area contributed by atoms with Gasteiger partial charge in [-0.05, 0) is 38.2 Å². The fourth-order valence-corrected chi connectivity index (χ4v) is 2.44. The molecule has 0 radical (unpaired) electrons. The monoisotopic (exact) mass is 259 g/mol. The van der Waals surface area contributed by atoms with Gasteiger partial charge in [0.25, 0.3) is 0 Å². The van der Waals surface area contributed by atoms with Crippen LogP contribution in [0.2, 0.25) is 0 Å². The van der Waals surface area contributed by atoms with E-state index in [0.717, 1.165) is 29.4 Å². The third kappa shape index (κ3) is 1.49. The van der Waals surface area contributed by atoms with E-state index in [1.807, 2.05) is 47.2 Å². The minimum atomic E-state index is 0.637. The summed E-state index contributed by atoms with van der Waals surface area (Å²) >= 11 is 5.23. The molecule has 3 rings (SSSR count). The van der Waals surface area contributed by atoms with E-state index in [1.54, 1.807) is 0 Å². The summed E-state index contributed by atoms with van der Waals surface area (Å²) in [4.78, 5) is 4.54. The average molecular weight is 259 g/mol. The van der Waals surface area contributed by atoms with Gasteiger partial charge in [-0.1, -0.05) is 6.07 Å². The van der Waals surface area contributed by atoms with Gasteiger partial charge < -0.3 is 0 Å². The number of aromatic nitrogens is 5. The SMILES string of the molecule is CCn1c(-c2c(C)nc3ccccn23)n[nH]c1=S. The number of rotatable bonds is 2. The first-order chi connectivity index (χ1) is 8.72. The Morgan fingerprint density at radius 3 is 3.00 bits per heavy atom. The normalized spacial score (nSPS) is 11.2. The predicted octanol–water partition coefficient (Wildman–Crippen LogP) is 2.58. The number of H-pyrrole nitrogens is 1. The van der Waals surface area contributed by atoms with Gasteiger partial charge in [0.1, 0.15) is 11.3 Å². The molecule has 92 valence electrons. The molecule has 0 bridgehead atoms. The Hall–Kier alpha value is -1.95. The molecule has 0 atom stereocenters. The van der Waals surface area contributed by atoms with E-state index in [0.29, 0.717) is 4.77 Å². The topological polar surface area (TPSA) is 50.9 Å². The van der Waals surface area contributed by atoms with Crippen LogP contribution in [0, 0.1) is 11.7 Å². The molecule has 0 saturated heterocycles. The van der Waals surface area contributed by atoms with Crippen molar-refractivity contribution < 1.29 is 0 Å². The minimum Gasteiger partial charge on any atom is -0.299 e. The van der Waals surface area contributed by atoms with Crippen molar-refractivity contribution in [2.24, 2.45) is 0 Å². The van der Waals surface area contributed by atoms with Crippen LogP contribution in [0.3, 0.4) is 0 Å². The Bertz CT molecular complexity index is 764. The van der Waals surface area contributed by atoms with Gasteiger partial charge in [0.05, 0.1) is 5.69 Å². The van der Waals surface area contributed by atoms with Gasteiger partial charge in [0.15, 0.2) is 10.6 Å². The molecule has 0 aliphatic rings. The zero-order valence-corrected chi connectivity index (χ0v) is 11.0. The zero-order chi connectivity index (χ0) is 12.7. The van der Waals surface area contributed by atoms with Crippen LogP contribution >= 0.6 is 12.2 Å². The van der Waals surface area contributed by atoms with Crippen LogP contribution in [-0.4, -0.2) is 24.1 Å². The first kappa shape index (κ1) is 11.2. The maximum absolute atomic E-state index is 5.23. The lowest BCUT2D eigenvalue weighted by atomic mass is 10.3. The molecule has 6 heteroatoms. The summed E-state index contributed by atoms with van der Waals surface area (Å²) in [7, 11) is 0. The fourth-order valence-electron chi connectivity index (χ4n) is 2.17. The lowest BCUT2D eigenvalue weighted by Gasteiger charge is -2.04. The predicted molar refractivity (Wildman–Crippen MR) is 72.0 cm³/mol. The molecule has 0 unspecified atom stereocenters. The molecule has 0 aliphatic carbocycles. The van der Waals surface area contributed by atoms with Crippen LogP contribution in [0.1, 0.15) is 12.6 Å². The Morgan fingerprint density at radius 1 is 1.39 bits per heavy atom. The second kappa shape index (κ2) is 4.06. The Morgan fingerprint density at radius 2 is 2.22 bits per heavy atom. The third-order valence-electron chi connectivity index (χ3n) is 2.99. The zero-order valence-electron chi connectivity index (χ0n) is 10.2. The van der Waals surface area contributed by atoms with Crippen LogP contribution in [0.5, 0.6) is 0 Å². The van der Waals surface area contributed by atoms with Crippen molar-refractivity contribution in [1.29, 1.82) is 0 Å². The number of hydrogen-bond donors (Lipinski definition) is 1. The van der Waals surface area contributed by atoms with Crippen LogP contribution < -0.4 is 0 Å². The molecule has 5 nitrogen and oxygen atoms in total. The van der Waals surface area contributed by atoms with Gasteiger partial charge >= 0.3 is 0 Å². The fraction of sp³-hybridized carbons (Fsp3) is 0.250. The maximum atomic E-state index is 5.23.